The highest BCUT2D eigenvalue weighted by Gasteiger charge is 2.51. The number of alkyl carbamates (subject to hydrolysis) is 1. The predicted octanol–water partition coefficient (Wildman–Crippen LogP) is 2.04. The van der Waals surface area contributed by atoms with Crippen LogP contribution in [0.3, 0.4) is 0 Å². The Bertz CT molecular complexity index is 1480. The van der Waals surface area contributed by atoms with Crippen LogP contribution < -0.4 is 10.6 Å². The molecule has 4 rings (SSSR count). The summed E-state index contributed by atoms with van der Waals surface area (Å²) in [5.74, 6) is -4.33. The average molecular weight is 671 g/mol. The molecular formula is C33H38N2O13. The Morgan fingerprint density at radius 3 is 1.92 bits per heavy atom. The molecule has 15 nitrogen and oxygen atoms in total. The Morgan fingerprint density at radius 2 is 1.38 bits per heavy atom. The van der Waals surface area contributed by atoms with E-state index in [2.05, 4.69) is 10.6 Å². The van der Waals surface area contributed by atoms with Crippen LogP contribution in [0.5, 0.6) is 0 Å². The van der Waals surface area contributed by atoms with Crippen molar-refractivity contribution in [2.24, 2.45) is 0 Å². The predicted molar refractivity (Wildman–Crippen MR) is 164 cm³/mol. The second-order valence-corrected chi connectivity index (χ2v) is 11.3. The van der Waals surface area contributed by atoms with E-state index in [1.54, 1.807) is 0 Å². The lowest BCUT2D eigenvalue weighted by Gasteiger charge is -2.45. The fraction of sp³-hybridized carbons (Fsp3) is 0.455. The normalized spacial score (nSPS) is 21.9. The van der Waals surface area contributed by atoms with E-state index < -0.39 is 92.2 Å². The summed E-state index contributed by atoms with van der Waals surface area (Å²) in [6.45, 7) is 3.60. The Morgan fingerprint density at radius 1 is 0.792 bits per heavy atom. The first-order chi connectivity index (χ1) is 22.8. The number of hydrogen-bond donors (Lipinski definition) is 3. The van der Waals surface area contributed by atoms with Crippen LogP contribution in [0.15, 0.2) is 48.5 Å². The fourth-order valence-electron chi connectivity index (χ4n) is 5.81. The Hall–Kier alpha value is -5.02. The maximum absolute atomic E-state index is 13.0. The van der Waals surface area contributed by atoms with Crippen LogP contribution >= 0.6 is 0 Å². The van der Waals surface area contributed by atoms with E-state index in [4.69, 9.17) is 28.4 Å². The highest BCUT2D eigenvalue weighted by molar-refractivity contribution is 5.79. The summed E-state index contributed by atoms with van der Waals surface area (Å²) in [6.07, 6.45) is -6.87. The molecule has 1 saturated heterocycles. The quantitative estimate of drug-likeness (QED) is 0.207. The van der Waals surface area contributed by atoms with Gasteiger partial charge in [-0.25, -0.2) is 4.79 Å². The third-order valence-corrected chi connectivity index (χ3v) is 7.62. The molecule has 258 valence electrons. The first-order valence-electron chi connectivity index (χ1n) is 15.2. The van der Waals surface area contributed by atoms with Gasteiger partial charge in [0.2, 0.25) is 5.91 Å². The summed E-state index contributed by atoms with van der Waals surface area (Å²) in [4.78, 5) is 72.5. The number of aliphatic carboxylic acids is 1. The van der Waals surface area contributed by atoms with Crippen molar-refractivity contribution >= 4 is 35.9 Å². The number of carbonyl (C=O) groups excluding carboxylic acids is 5. The molecule has 3 N–H and O–H groups in total. The zero-order valence-electron chi connectivity index (χ0n) is 26.8. The zero-order chi connectivity index (χ0) is 35.0. The van der Waals surface area contributed by atoms with Gasteiger partial charge in [0.05, 0.1) is 19.1 Å². The minimum absolute atomic E-state index is 0.0176. The van der Waals surface area contributed by atoms with Crippen LogP contribution in [0.25, 0.3) is 11.1 Å². The Kier molecular flexibility index (Phi) is 12.1. The van der Waals surface area contributed by atoms with Crippen LogP contribution in [-0.4, -0.2) is 97.5 Å². The molecule has 0 saturated carbocycles. The van der Waals surface area contributed by atoms with Gasteiger partial charge in [0.15, 0.2) is 18.5 Å². The van der Waals surface area contributed by atoms with Crippen molar-refractivity contribution in [3.63, 3.8) is 0 Å². The molecule has 2 aliphatic rings. The van der Waals surface area contributed by atoms with Crippen molar-refractivity contribution in [2.45, 2.75) is 76.7 Å². The van der Waals surface area contributed by atoms with E-state index in [0.717, 1.165) is 43.0 Å². The number of esters is 3. The van der Waals surface area contributed by atoms with E-state index in [1.807, 2.05) is 48.5 Å². The SMILES string of the molecule is CC(=O)N[C@H]1[C@@H](OC[C@@H](CC(=O)O)NC(=O)OCC2c3ccccc3-c3ccccc32)O[C@H](COC(C)=O)[C@H](OC(C)=O)[C@@H]1OC(C)=O. The van der Waals surface area contributed by atoms with Gasteiger partial charge >= 0.3 is 30.0 Å². The monoisotopic (exact) mass is 670 g/mol. The van der Waals surface area contributed by atoms with Gasteiger partial charge in [-0.2, -0.15) is 0 Å². The summed E-state index contributed by atoms with van der Waals surface area (Å²) in [5.41, 5.74) is 4.06. The van der Waals surface area contributed by atoms with Crippen molar-refractivity contribution in [3.8, 4) is 11.1 Å². The Balaban J connectivity index is 1.49. The third-order valence-electron chi connectivity index (χ3n) is 7.62. The lowest BCUT2D eigenvalue weighted by molar-refractivity contribution is -0.278. The number of benzene rings is 2. The third kappa shape index (κ3) is 9.29. The van der Waals surface area contributed by atoms with Crippen LogP contribution in [0.2, 0.25) is 0 Å². The number of hydrogen-bond acceptors (Lipinski definition) is 12. The first kappa shape index (κ1) is 35.8. The molecule has 0 aromatic heterocycles. The van der Waals surface area contributed by atoms with Crippen LogP contribution in [-0.2, 0) is 52.4 Å². The van der Waals surface area contributed by atoms with E-state index in [1.165, 1.54) is 6.92 Å². The van der Waals surface area contributed by atoms with Crippen LogP contribution in [0, 0.1) is 0 Å². The van der Waals surface area contributed by atoms with E-state index in [-0.39, 0.29) is 12.5 Å². The molecule has 1 aliphatic heterocycles. The average Bonchev–Trinajstić information content (AvgIpc) is 3.33. The van der Waals surface area contributed by atoms with Gasteiger partial charge in [-0.1, -0.05) is 48.5 Å². The molecule has 2 aromatic carbocycles. The second kappa shape index (κ2) is 16.2. The van der Waals surface area contributed by atoms with Gasteiger partial charge in [0, 0.05) is 33.6 Å². The number of carboxylic acids is 1. The van der Waals surface area contributed by atoms with Crippen molar-refractivity contribution < 1.29 is 62.3 Å². The molecule has 1 heterocycles. The molecule has 0 radical (unpaired) electrons. The highest BCUT2D eigenvalue weighted by Crippen LogP contribution is 2.44. The standard InChI is InChI=1S/C33H38N2O13/c1-17(36)34-29-31(47-20(4)39)30(46-19(3)38)27(16-43-18(2)37)48-32(29)44-14-21(13-28(40)41)35-33(42)45-15-26-24-11-7-5-9-22(24)23-10-6-8-12-25(23)26/h5-12,21,26-27,29-32H,13-16H2,1-4H3,(H,34,36)(H,35,42)(H,40,41)/t21-,27-,29-,30+,31-,32+/m1/s1. The van der Waals surface area contributed by atoms with Gasteiger partial charge in [-0.05, 0) is 22.3 Å². The van der Waals surface area contributed by atoms with Crippen molar-refractivity contribution in [2.75, 3.05) is 19.8 Å². The summed E-state index contributed by atoms with van der Waals surface area (Å²) in [5, 5.41) is 14.6. The van der Waals surface area contributed by atoms with Gasteiger partial charge < -0.3 is 44.2 Å². The zero-order valence-corrected chi connectivity index (χ0v) is 26.8. The van der Waals surface area contributed by atoms with Crippen molar-refractivity contribution in [3.05, 3.63) is 59.7 Å². The lowest BCUT2D eigenvalue weighted by Crippen LogP contribution is -2.66. The molecule has 0 unspecified atom stereocenters. The maximum atomic E-state index is 13.0. The number of rotatable bonds is 13. The van der Waals surface area contributed by atoms with E-state index in [9.17, 15) is 33.9 Å². The summed E-state index contributed by atoms with van der Waals surface area (Å²) < 4.78 is 33.3. The van der Waals surface area contributed by atoms with Crippen molar-refractivity contribution in [1.29, 1.82) is 0 Å². The summed E-state index contributed by atoms with van der Waals surface area (Å²) in [7, 11) is 0. The van der Waals surface area contributed by atoms with Gasteiger partial charge in [-0.15, -0.1) is 0 Å². The fourth-order valence-corrected chi connectivity index (χ4v) is 5.81. The van der Waals surface area contributed by atoms with E-state index >= 15 is 0 Å². The topological polar surface area (TPSA) is 202 Å². The minimum atomic E-state index is -1.45. The summed E-state index contributed by atoms with van der Waals surface area (Å²) >= 11 is 0. The second-order valence-electron chi connectivity index (χ2n) is 11.3. The van der Waals surface area contributed by atoms with E-state index in [0.29, 0.717) is 0 Å². The summed E-state index contributed by atoms with van der Waals surface area (Å²) in [6, 6.07) is 13.1. The first-order valence-corrected chi connectivity index (χ1v) is 15.2. The molecule has 48 heavy (non-hydrogen) atoms. The smallest absolute Gasteiger partial charge is 0.407 e. The maximum Gasteiger partial charge on any atom is 0.407 e. The molecule has 2 aromatic rings. The molecule has 1 aliphatic carbocycles. The largest absolute Gasteiger partial charge is 0.481 e. The number of nitrogens with one attached hydrogen (secondary N) is 2. The minimum Gasteiger partial charge on any atom is -0.481 e. The molecule has 0 bridgehead atoms. The molecular weight excluding hydrogens is 632 g/mol. The highest BCUT2D eigenvalue weighted by atomic mass is 16.7. The molecule has 1 fully saturated rings. The van der Waals surface area contributed by atoms with Gasteiger partial charge in [0.25, 0.3) is 0 Å². The van der Waals surface area contributed by atoms with Crippen LogP contribution in [0.1, 0.15) is 51.2 Å². The number of carboxylic acid groups (broad SMARTS) is 1. The van der Waals surface area contributed by atoms with Gasteiger partial charge in [-0.3, -0.25) is 24.0 Å². The number of carbonyl (C=O) groups is 6. The molecule has 15 heteroatoms. The number of fused-ring (bicyclic) bond motifs is 3. The molecule has 6 atom stereocenters. The lowest BCUT2D eigenvalue weighted by atomic mass is 9.96. The van der Waals surface area contributed by atoms with Crippen LogP contribution in [0.4, 0.5) is 4.79 Å². The molecule has 2 amide bonds. The number of ether oxygens (including phenoxy) is 6. The number of amides is 2. The van der Waals surface area contributed by atoms with Crippen molar-refractivity contribution in [1.82, 2.24) is 10.6 Å². The van der Waals surface area contributed by atoms with Gasteiger partial charge in [0.1, 0.15) is 25.4 Å². The Labute approximate surface area is 276 Å². The molecule has 0 spiro atoms.